The van der Waals surface area contributed by atoms with Crippen LogP contribution in [0.15, 0.2) is 18.2 Å². The van der Waals surface area contributed by atoms with Crippen molar-refractivity contribution in [2.75, 3.05) is 37.9 Å². The number of hydrogen-bond acceptors (Lipinski definition) is 3. The van der Waals surface area contributed by atoms with Crippen LogP contribution in [0.4, 0.5) is 16.2 Å². The summed E-state index contributed by atoms with van der Waals surface area (Å²) in [6.45, 7) is 1.68. The maximum absolute atomic E-state index is 12.1. The van der Waals surface area contributed by atoms with Gasteiger partial charge in [-0.3, -0.25) is 4.79 Å². The van der Waals surface area contributed by atoms with E-state index in [2.05, 4.69) is 5.32 Å². The largest absolute Gasteiger partial charge is 0.481 e. The standard InChI is InChI=1S/C14H20ClN3O3/c1-9(13(19)20)8-18(4)14(21)16-11-7-5-6-10(15)12(11)17(2)3/h5-7,9H,8H2,1-4H3,(H,16,21)(H,19,20). The maximum atomic E-state index is 12.1. The number of nitrogens with zero attached hydrogens (tertiary/aromatic N) is 2. The molecule has 0 saturated carbocycles. The van der Waals surface area contributed by atoms with E-state index in [0.29, 0.717) is 16.4 Å². The van der Waals surface area contributed by atoms with Crippen LogP contribution in [0.1, 0.15) is 6.92 Å². The lowest BCUT2D eigenvalue weighted by atomic mass is 10.2. The van der Waals surface area contributed by atoms with Gasteiger partial charge in [-0.1, -0.05) is 24.6 Å². The number of aliphatic carboxylic acids is 1. The lowest BCUT2D eigenvalue weighted by Gasteiger charge is -2.23. The van der Waals surface area contributed by atoms with Crippen molar-refractivity contribution in [1.29, 1.82) is 0 Å². The molecule has 0 aliphatic rings. The Morgan fingerprint density at radius 2 is 1.95 bits per heavy atom. The minimum absolute atomic E-state index is 0.124. The Labute approximate surface area is 129 Å². The number of para-hydroxylation sites is 1. The van der Waals surface area contributed by atoms with Gasteiger partial charge in [0, 0.05) is 27.7 Å². The van der Waals surface area contributed by atoms with E-state index in [9.17, 15) is 9.59 Å². The monoisotopic (exact) mass is 313 g/mol. The number of carbonyl (C=O) groups is 2. The minimum Gasteiger partial charge on any atom is -0.481 e. The molecule has 0 fully saturated rings. The maximum Gasteiger partial charge on any atom is 0.321 e. The predicted octanol–water partition coefficient (Wildman–Crippen LogP) is 2.59. The zero-order valence-electron chi connectivity index (χ0n) is 12.6. The van der Waals surface area contributed by atoms with Crippen LogP contribution in [0, 0.1) is 5.92 Å². The molecule has 1 rings (SSSR count). The molecule has 2 N–H and O–H groups in total. The molecular weight excluding hydrogens is 294 g/mol. The van der Waals surface area contributed by atoms with Gasteiger partial charge in [0.05, 0.1) is 22.3 Å². The lowest BCUT2D eigenvalue weighted by molar-refractivity contribution is -0.141. The van der Waals surface area contributed by atoms with Crippen molar-refractivity contribution < 1.29 is 14.7 Å². The van der Waals surface area contributed by atoms with E-state index in [0.717, 1.165) is 0 Å². The van der Waals surface area contributed by atoms with Crippen LogP contribution in [-0.2, 0) is 4.79 Å². The molecule has 2 amide bonds. The van der Waals surface area contributed by atoms with Crippen molar-refractivity contribution in [3.8, 4) is 0 Å². The van der Waals surface area contributed by atoms with Crippen molar-refractivity contribution in [1.82, 2.24) is 4.90 Å². The first-order chi connectivity index (χ1) is 9.73. The smallest absolute Gasteiger partial charge is 0.321 e. The molecule has 21 heavy (non-hydrogen) atoms. The van der Waals surface area contributed by atoms with Gasteiger partial charge in [0.15, 0.2) is 0 Å². The van der Waals surface area contributed by atoms with E-state index in [1.165, 1.54) is 4.90 Å². The first-order valence-electron chi connectivity index (χ1n) is 6.44. The molecule has 0 aromatic heterocycles. The summed E-state index contributed by atoms with van der Waals surface area (Å²) in [4.78, 5) is 26.1. The third-order valence-electron chi connectivity index (χ3n) is 2.99. The zero-order valence-corrected chi connectivity index (χ0v) is 13.3. The number of urea groups is 1. The van der Waals surface area contributed by atoms with Gasteiger partial charge in [-0.05, 0) is 12.1 Å². The van der Waals surface area contributed by atoms with Crippen LogP contribution in [0.25, 0.3) is 0 Å². The summed E-state index contributed by atoms with van der Waals surface area (Å²) in [6.07, 6.45) is 0. The number of carbonyl (C=O) groups excluding carboxylic acids is 1. The molecule has 1 aromatic carbocycles. The molecule has 0 spiro atoms. The Bertz CT molecular complexity index is 534. The number of carboxylic acids is 1. The Morgan fingerprint density at radius 1 is 1.33 bits per heavy atom. The Balaban J connectivity index is 2.84. The number of halogens is 1. The SMILES string of the molecule is CC(CN(C)C(=O)Nc1cccc(Cl)c1N(C)C)C(=O)O. The molecule has 1 aromatic rings. The quantitative estimate of drug-likeness (QED) is 0.876. The number of nitrogens with one attached hydrogen (secondary N) is 1. The summed E-state index contributed by atoms with van der Waals surface area (Å²) < 4.78 is 0. The van der Waals surface area contributed by atoms with E-state index in [-0.39, 0.29) is 12.6 Å². The molecule has 116 valence electrons. The van der Waals surface area contributed by atoms with E-state index in [1.807, 2.05) is 14.1 Å². The highest BCUT2D eigenvalue weighted by Gasteiger charge is 2.19. The van der Waals surface area contributed by atoms with Gasteiger partial charge in [-0.2, -0.15) is 0 Å². The molecule has 0 aliphatic heterocycles. The van der Waals surface area contributed by atoms with Crippen molar-refractivity contribution in [2.24, 2.45) is 5.92 Å². The van der Waals surface area contributed by atoms with Crippen molar-refractivity contribution in [3.05, 3.63) is 23.2 Å². The second-order valence-electron chi connectivity index (χ2n) is 5.08. The molecule has 0 aliphatic carbocycles. The molecule has 0 saturated heterocycles. The Hall–Kier alpha value is -1.95. The van der Waals surface area contributed by atoms with Gasteiger partial charge in [0.1, 0.15) is 0 Å². The third kappa shape index (κ3) is 4.53. The van der Waals surface area contributed by atoms with Gasteiger partial charge in [0.2, 0.25) is 0 Å². The molecule has 6 nitrogen and oxygen atoms in total. The second-order valence-corrected chi connectivity index (χ2v) is 5.49. The minimum atomic E-state index is -0.939. The van der Waals surface area contributed by atoms with Gasteiger partial charge in [-0.25, -0.2) is 4.79 Å². The molecule has 0 bridgehead atoms. The first kappa shape index (κ1) is 17.1. The van der Waals surface area contributed by atoms with E-state index >= 15 is 0 Å². The number of rotatable bonds is 5. The number of carboxylic acid groups (broad SMARTS) is 1. The van der Waals surface area contributed by atoms with Crippen LogP contribution in [0.5, 0.6) is 0 Å². The van der Waals surface area contributed by atoms with Crippen molar-refractivity contribution in [3.63, 3.8) is 0 Å². The predicted molar refractivity (Wildman–Crippen MR) is 84.2 cm³/mol. The summed E-state index contributed by atoms with van der Waals surface area (Å²) >= 11 is 6.13. The van der Waals surface area contributed by atoms with Crippen LogP contribution in [0.2, 0.25) is 5.02 Å². The van der Waals surface area contributed by atoms with E-state index < -0.39 is 11.9 Å². The highest BCUT2D eigenvalue weighted by atomic mass is 35.5. The average Bonchev–Trinajstić information content (AvgIpc) is 2.37. The van der Waals surface area contributed by atoms with Crippen molar-refractivity contribution in [2.45, 2.75) is 6.92 Å². The summed E-state index contributed by atoms with van der Waals surface area (Å²) in [5, 5.41) is 12.1. The number of anilines is 2. The fraction of sp³-hybridized carbons (Fsp3) is 0.429. The number of amides is 2. The Morgan fingerprint density at radius 3 is 2.48 bits per heavy atom. The molecule has 0 heterocycles. The molecule has 7 heteroatoms. The fourth-order valence-corrected chi connectivity index (χ4v) is 2.20. The van der Waals surface area contributed by atoms with Crippen molar-refractivity contribution >= 4 is 35.0 Å². The molecular formula is C14H20ClN3O3. The highest BCUT2D eigenvalue weighted by Crippen LogP contribution is 2.32. The van der Waals surface area contributed by atoms with Gasteiger partial charge < -0.3 is 20.2 Å². The fourth-order valence-electron chi connectivity index (χ4n) is 1.85. The highest BCUT2D eigenvalue weighted by molar-refractivity contribution is 6.34. The number of benzene rings is 1. The van der Waals surface area contributed by atoms with Crippen LogP contribution >= 0.6 is 11.6 Å². The summed E-state index contributed by atoms with van der Waals surface area (Å²) in [5.41, 5.74) is 1.28. The lowest BCUT2D eigenvalue weighted by Crippen LogP contribution is -2.36. The Kier molecular flexibility index (Phi) is 5.84. The van der Waals surface area contributed by atoms with Crippen LogP contribution in [0.3, 0.4) is 0 Å². The normalized spacial score (nSPS) is 11.7. The first-order valence-corrected chi connectivity index (χ1v) is 6.82. The molecule has 1 atom stereocenters. The van der Waals surface area contributed by atoms with Gasteiger partial charge >= 0.3 is 12.0 Å². The second kappa shape index (κ2) is 7.17. The van der Waals surface area contributed by atoms with E-state index in [1.54, 1.807) is 37.1 Å². The van der Waals surface area contributed by atoms with Crippen LogP contribution in [-0.4, -0.2) is 49.7 Å². The number of hydrogen-bond donors (Lipinski definition) is 2. The van der Waals surface area contributed by atoms with E-state index in [4.69, 9.17) is 16.7 Å². The third-order valence-corrected chi connectivity index (χ3v) is 3.30. The van der Waals surface area contributed by atoms with Gasteiger partial charge in [0.25, 0.3) is 0 Å². The average molecular weight is 314 g/mol. The summed E-state index contributed by atoms with van der Waals surface area (Å²) in [7, 11) is 5.20. The topological polar surface area (TPSA) is 72.9 Å². The summed E-state index contributed by atoms with van der Waals surface area (Å²) in [6, 6.07) is 4.84. The van der Waals surface area contributed by atoms with Gasteiger partial charge in [-0.15, -0.1) is 0 Å². The molecule has 0 radical (unpaired) electrons. The molecule has 1 unspecified atom stereocenters. The van der Waals surface area contributed by atoms with Crippen LogP contribution < -0.4 is 10.2 Å². The summed E-state index contributed by atoms with van der Waals surface area (Å²) in [5.74, 6) is -1.57. The zero-order chi connectivity index (χ0) is 16.2.